The first-order valence-corrected chi connectivity index (χ1v) is 12.8. The molecule has 0 aliphatic carbocycles. The Morgan fingerprint density at radius 2 is 1.68 bits per heavy atom. The van der Waals surface area contributed by atoms with Gasteiger partial charge in [-0.2, -0.15) is 0 Å². The summed E-state index contributed by atoms with van der Waals surface area (Å²) in [6, 6.07) is 23.4. The van der Waals surface area contributed by atoms with E-state index in [1.165, 1.54) is 0 Å². The van der Waals surface area contributed by atoms with Crippen LogP contribution in [0, 0.1) is 6.92 Å². The summed E-state index contributed by atoms with van der Waals surface area (Å²) in [7, 11) is 1.61. The van der Waals surface area contributed by atoms with Crippen LogP contribution in [-0.4, -0.2) is 41.9 Å². The van der Waals surface area contributed by atoms with Gasteiger partial charge >= 0.3 is 6.09 Å². The number of hydrogen-bond donors (Lipinski definition) is 2. The van der Waals surface area contributed by atoms with E-state index in [0.29, 0.717) is 61.5 Å². The van der Waals surface area contributed by atoms with Crippen LogP contribution in [0.15, 0.2) is 77.6 Å². The van der Waals surface area contributed by atoms with Crippen LogP contribution in [0.1, 0.15) is 29.5 Å². The molecule has 4 aromatic rings. The normalized spacial score (nSPS) is 14.7. The molecule has 1 aromatic heterocycles. The molecule has 8 nitrogen and oxygen atoms in total. The zero-order valence-corrected chi connectivity index (χ0v) is 21.7. The summed E-state index contributed by atoms with van der Waals surface area (Å²) >= 11 is 0. The molecule has 0 bridgehead atoms. The van der Waals surface area contributed by atoms with Gasteiger partial charge in [-0.25, -0.2) is 9.78 Å². The number of benzene rings is 3. The molecule has 196 valence electrons. The largest absolute Gasteiger partial charge is 0.496 e. The predicted octanol–water partition coefficient (Wildman–Crippen LogP) is 4.75. The fourth-order valence-corrected chi connectivity index (χ4v) is 5.04. The monoisotopic (exact) mass is 512 g/mol. The zero-order valence-electron chi connectivity index (χ0n) is 21.7. The van der Waals surface area contributed by atoms with Gasteiger partial charge in [0.1, 0.15) is 11.4 Å². The van der Waals surface area contributed by atoms with E-state index >= 15 is 0 Å². The summed E-state index contributed by atoms with van der Waals surface area (Å²) in [5, 5.41) is 3.42. The quantitative estimate of drug-likeness (QED) is 0.371. The summed E-state index contributed by atoms with van der Waals surface area (Å²) < 4.78 is 11.6. The van der Waals surface area contributed by atoms with Crippen molar-refractivity contribution >= 4 is 22.9 Å². The van der Waals surface area contributed by atoms with Crippen molar-refractivity contribution in [1.29, 1.82) is 0 Å². The van der Waals surface area contributed by atoms with E-state index in [4.69, 9.17) is 14.5 Å². The molecular weight excluding hydrogens is 480 g/mol. The second kappa shape index (κ2) is 11.0. The molecule has 0 unspecified atom stereocenters. The number of anilines is 1. The highest BCUT2D eigenvalue weighted by molar-refractivity contribution is 5.81. The van der Waals surface area contributed by atoms with Crippen LogP contribution >= 0.6 is 0 Å². The maximum absolute atomic E-state index is 12.9. The van der Waals surface area contributed by atoms with Crippen molar-refractivity contribution in [3.8, 4) is 5.75 Å². The van der Waals surface area contributed by atoms with Crippen molar-refractivity contribution in [2.24, 2.45) is 0 Å². The number of ether oxygens (including phenoxy) is 2. The minimum absolute atomic E-state index is 0.187. The second-order valence-corrected chi connectivity index (χ2v) is 9.79. The third-order valence-electron chi connectivity index (χ3n) is 7.14. The zero-order chi connectivity index (χ0) is 26.5. The topological polar surface area (TPSA) is 96.6 Å². The summed E-state index contributed by atoms with van der Waals surface area (Å²) in [6.45, 7) is 3.46. The van der Waals surface area contributed by atoms with E-state index in [2.05, 4.69) is 22.4 Å². The Bertz CT molecular complexity index is 1460. The Hall–Kier alpha value is -4.33. The van der Waals surface area contributed by atoms with Crippen molar-refractivity contribution < 1.29 is 14.3 Å². The molecule has 0 radical (unpaired) electrons. The van der Waals surface area contributed by atoms with E-state index in [1.54, 1.807) is 19.2 Å². The third kappa shape index (κ3) is 5.64. The highest BCUT2D eigenvalue weighted by atomic mass is 16.6. The number of H-pyrrole nitrogens is 1. The number of methoxy groups -OCH3 is 1. The molecule has 2 heterocycles. The fraction of sp³-hybridized carbons (Fsp3) is 0.300. The SMILES string of the molecule is COc1cc2nc(N3CCC(Cc4ccccc4)(OC(=O)NCc4ccccc4)CC3)[nH]c(=O)c2cc1C. The van der Waals surface area contributed by atoms with Crippen molar-refractivity contribution in [3.05, 3.63) is 99.8 Å². The van der Waals surface area contributed by atoms with Crippen LogP contribution in [0.5, 0.6) is 5.75 Å². The van der Waals surface area contributed by atoms with Crippen molar-refractivity contribution in [2.45, 2.75) is 38.3 Å². The van der Waals surface area contributed by atoms with E-state index in [0.717, 1.165) is 16.7 Å². The van der Waals surface area contributed by atoms with Crippen molar-refractivity contribution in [2.75, 3.05) is 25.1 Å². The van der Waals surface area contributed by atoms with E-state index < -0.39 is 11.7 Å². The number of hydrogen-bond acceptors (Lipinski definition) is 6. The van der Waals surface area contributed by atoms with Gasteiger partial charge in [0.15, 0.2) is 0 Å². The average Bonchev–Trinajstić information content (AvgIpc) is 2.93. The molecule has 0 saturated carbocycles. The van der Waals surface area contributed by atoms with Crippen molar-refractivity contribution in [3.63, 3.8) is 0 Å². The molecule has 2 N–H and O–H groups in total. The lowest BCUT2D eigenvalue weighted by Crippen LogP contribution is -2.50. The van der Waals surface area contributed by atoms with Crippen LogP contribution in [0.3, 0.4) is 0 Å². The molecule has 1 fully saturated rings. The number of alkyl carbamates (subject to hydrolysis) is 1. The van der Waals surface area contributed by atoms with Crippen LogP contribution in [0.25, 0.3) is 10.9 Å². The van der Waals surface area contributed by atoms with Gasteiger partial charge in [0, 0.05) is 45.0 Å². The molecular formula is C30H32N4O4. The molecule has 0 atom stereocenters. The minimum Gasteiger partial charge on any atom is -0.496 e. The Kier molecular flexibility index (Phi) is 7.31. The maximum atomic E-state index is 12.9. The van der Waals surface area contributed by atoms with E-state index in [-0.39, 0.29) is 5.56 Å². The molecule has 1 saturated heterocycles. The first kappa shape index (κ1) is 25.3. The van der Waals surface area contributed by atoms with E-state index in [9.17, 15) is 9.59 Å². The molecule has 5 rings (SSSR count). The number of aromatic amines is 1. The number of nitrogens with zero attached hydrogens (tertiary/aromatic N) is 2. The molecule has 8 heteroatoms. The van der Waals surface area contributed by atoms with Crippen LogP contribution in [0.2, 0.25) is 0 Å². The number of fused-ring (bicyclic) bond motifs is 1. The van der Waals surface area contributed by atoms with Gasteiger partial charge in [-0.05, 0) is 29.7 Å². The highest BCUT2D eigenvalue weighted by Gasteiger charge is 2.39. The number of carbonyl (C=O) groups excluding carboxylic acids is 1. The fourth-order valence-electron chi connectivity index (χ4n) is 5.04. The van der Waals surface area contributed by atoms with Crippen LogP contribution in [-0.2, 0) is 17.7 Å². The molecule has 1 amide bonds. The van der Waals surface area contributed by atoms with Gasteiger partial charge in [0.25, 0.3) is 5.56 Å². The lowest BCUT2D eigenvalue weighted by molar-refractivity contribution is -0.00745. The van der Waals surface area contributed by atoms with Gasteiger partial charge in [0.2, 0.25) is 5.95 Å². The number of carbonyl (C=O) groups is 1. The number of piperidine rings is 1. The number of amides is 1. The van der Waals surface area contributed by atoms with Gasteiger partial charge in [-0.1, -0.05) is 60.7 Å². The average molecular weight is 513 g/mol. The maximum Gasteiger partial charge on any atom is 0.407 e. The number of aryl methyl sites for hydroxylation is 1. The number of rotatable bonds is 7. The van der Waals surface area contributed by atoms with Gasteiger partial charge in [-0.15, -0.1) is 0 Å². The van der Waals surface area contributed by atoms with Crippen molar-refractivity contribution in [1.82, 2.24) is 15.3 Å². The molecule has 0 spiro atoms. The smallest absolute Gasteiger partial charge is 0.407 e. The highest BCUT2D eigenvalue weighted by Crippen LogP contribution is 2.32. The first-order valence-electron chi connectivity index (χ1n) is 12.8. The molecule has 1 aliphatic rings. The predicted molar refractivity (Wildman–Crippen MR) is 148 cm³/mol. The number of nitrogens with one attached hydrogen (secondary N) is 2. The first-order chi connectivity index (χ1) is 18.4. The van der Waals surface area contributed by atoms with Crippen LogP contribution in [0.4, 0.5) is 10.7 Å². The van der Waals surface area contributed by atoms with Crippen LogP contribution < -0.4 is 20.5 Å². The summed E-state index contributed by atoms with van der Waals surface area (Å²) in [4.78, 5) is 35.5. The molecule has 1 aliphatic heterocycles. The second-order valence-electron chi connectivity index (χ2n) is 9.79. The summed E-state index contributed by atoms with van der Waals surface area (Å²) in [5.74, 6) is 1.20. The van der Waals surface area contributed by atoms with Gasteiger partial charge < -0.3 is 19.7 Å². The minimum atomic E-state index is -0.671. The summed E-state index contributed by atoms with van der Waals surface area (Å²) in [6.07, 6.45) is 1.37. The van der Waals surface area contributed by atoms with Gasteiger partial charge in [-0.3, -0.25) is 9.78 Å². The molecule has 3 aromatic carbocycles. The molecule has 38 heavy (non-hydrogen) atoms. The third-order valence-corrected chi connectivity index (χ3v) is 7.14. The van der Waals surface area contributed by atoms with Gasteiger partial charge in [0.05, 0.1) is 18.0 Å². The Balaban J connectivity index is 1.34. The van der Waals surface area contributed by atoms with E-state index in [1.807, 2.05) is 60.4 Å². The Morgan fingerprint density at radius 3 is 2.34 bits per heavy atom. The Morgan fingerprint density at radius 1 is 1.03 bits per heavy atom. The lowest BCUT2D eigenvalue weighted by Gasteiger charge is -2.41. The summed E-state index contributed by atoms with van der Waals surface area (Å²) in [5.41, 5.74) is 2.73. The lowest BCUT2D eigenvalue weighted by atomic mass is 9.85. The standard InChI is InChI=1S/C30H32N4O4/c1-21-17-24-25(18-26(21)37-2)32-28(33-27(24)35)34-15-13-30(14-16-34,19-22-9-5-3-6-10-22)38-29(36)31-20-23-11-7-4-8-12-23/h3-12,17-18H,13-16,19-20H2,1-2H3,(H,31,36)(H,32,33,35). The Labute approximate surface area is 221 Å². The number of aromatic nitrogens is 2.